The minimum atomic E-state index is 1.10. The van der Waals surface area contributed by atoms with Gasteiger partial charge in [-0.25, -0.2) is 0 Å². The van der Waals surface area contributed by atoms with E-state index in [2.05, 4.69) is 32.9 Å². The molecule has 0 aliphatic heterocycles. The summed E-state index contributed by atoms with van der Waals surface area (Å²) in [6.45, 7) is 18.5. The molecule has 0 aromatic heterocycles. The Morgan fingerprint density at radius 2 is 0.864 bits per heavy atom. The first-order chi connectivity index (χ1) is 10.7. The largest absolute Gasteiger partial charge is 0.0985 e. The van der Waals surface area contributed by atoms with Gasteiger partial charge in [0.25, 0.3) is 0 Å². The first-order valence-corrected chi connectivity index (χ1v) is 7.04. The van der Waals surface area contributed by atoms with Gasteiger partial charge >= 0.3 is 0 Å². The Labute approximate surface area is 134 Å². The molecule has 0 saturated carbocycles. The van der Waals surface area contributed by atoms with Gasteiger partial charge in [0.1, 0.15) is 0 Å². The van der Waals surface area contributed by atoms with Gasteiger partial charge in [-0.3, -0.25) is 0 Å². The zero-order chi connectivity index (χ0) is 16.4. The van der Waals surface area contributed by atoms with Crippen molar-refractivity contribution in [2.24, 2.45) is 0 Å². The van der Waals surface area contributed by atoms with Gasteiger partial charge in [0.15, 0.2) is 0 Å². The van der Waals surface area contributed by atoms with Crippen molar-refractivity contribution in [1.29, 1.82) is 0 Å². The molecule has 22 heavy (non-hydrogen) atoms. The van der Waals surface area contributed by atoms with Crippen LogP contribution >= 0.6 is 0 Å². The van der Waals surface area contributed by atoms with E-state index in [0.29, 0.717) is 0 Å². The molecule has 0 saturated heterocycles. The molecular formula is C22H22. The second-order valence-corrected chi connectivity index (χ2v) is 4.58. The van der Waals surface area contributed by atoms with Crippen molar-refractivity contribution in [3.05, 3.63) is 103 Å². The molecule has 110 valence electrons. The molecule has 0 bridgehead atoms. The van der Waals surface area contributed by atoms with Crippen LogP contribution in [0, 0.1) is 0 Å². The highest BCUT2D eigenvalue weighted by Crippen LogP contribution is 2.15. The monoisotopic (exact) mass is 286 g/mol. The van der Waals surface area contributed by atoms with Crippen molar-refractivity contribution in [3.63, 3.8) is 0 Å². The predicted molar refractivity (Wildman–Crippen MR) is 103 cm³/mol. The smallest absolute Gasteiger partial charge is 0.0184 e. The highest BCUT2D eigenvalue weighted by molar-refractivity contribution is 5.67. The molecule has 0 spiro atoms. The van der Waals surface area contributed by atoms with Gasteiger partial charge in [0, 0.05) is 0 Å². The van der Waals surface area contributed by atoms with E-state index in [9.17, 15) is 0 Å². The number of hydrogen-bond acceptors (Lipinski definition) is 0. The molecule has 0 atom stereocenters. The summed E-state index contributed by atoms with van der Waals surface area (Å²) in [6.07, 6.45) is 9.12. The Hall–Kier alpha value is -2.86. The third-order valence-electron chi connectivity index (χ3n) is 3.19. The maximum Gasteiger partial charge on any atom is -0.0184 e. The molecule has 0 nitrogen and oxygen atoms in total. The van der Waals surface area contributed by atoms with E-state index in [-0.39, 0.29) is 0 Å². The summed E-state index contributed by atoms with van der Waals surface area (Å²) in [4.78, 5) is 0. The lowest BCUT2D eigenvalue weighted by Crippen LogP contribution is -1.81. The van der Waals surface area contributed by atoms with Gasteiger partial charge < -0.3 is 0 Å². The van der Waals surface area contributed by atoms with E-state index < -0.39 is 0 Å². The zero-order valence-corrected chi connectivity index (χ0v) is 13.0. The maximum atomic E-state index is 3.73. The van der Waals surface area contributed by atoms with E-state index in [4.69, 9.17) is 0 Å². The normalized spacial score (nSPS) is 8.91. The molecular weight excluding hydrogens is 264 g/mol. The second kappa shape index (κ2) is 9.15. The van der Waals surface area contributed by atoms with Crippen LogP contribution < -0.4 is 0 Å². The molecule has 0 heteroatoms. The summed E-state index contributed by atoms with van der Waals surface area (Å²) in [5.74, 6) is 0. The van der Waals surface area contributed by atoms with Crippen LogP contribution in [-0.4, -0.2) is 0 Å². The Kier molecular flexibility index (Phi) is 7.15. The summed E-state index contributed by atoms with van der Waals surface area (Å²) < 4.78 is 0. The Morgan fingerprint density at radius 3 is 1.23 bits per heavy atom. The SMILES string of the molecule is C=Cc1ccc(C=C)c(C=C)c1.C=Cc1ccc(C=C)cc1. The first-order valence-electron chi connectivity index (χ1n) is 7.04. The molecule has 0 unspecified atom stereocenters. The standard InChI is InChI=1S/C12H12.C10H10/c1-4-10-7-8-11(5-2)12(6-3)9-10;1-3-9-5-7-10(4-2)8-6-9/h4-9H,1-3H2;3-8H,1-2H2. The summed E-state index contributed by atoms with van der Waals surface area (Å²) in [6, 6.07) is 14.1. The van der Waals surface area contributed by atoms with Crippen LogP contribution in [-0.2, 0) is 0 Å². The number of rotatable bonds is 5. The molecule has 2 rings (SSSR count). The van der Waals surface area contributed by atoms with E-state index in [1.807, 2.05) is 72.8 Å². The number of benzene rings is 2. The van der Waals surface area contributed by atoms with Crippen LogP contribution in [0.25, 0.3) is 30.4 Å². The Balaban J connectivity index is 0.000000224. The van der Waals surface area contributed by atoms with Crippen LogP contribution in [0.15, 0.2) is 75.4 Å². The molecule has 0 fully saturated rings. The molecule has 2 aromatic rings. The van der Waals surface area contributed by atoms with Crippen LogP contribution in [0.4, 0.5) is 0 Å². The van der Waals surface area contributed by atoms with Gasteiger partial charge in [-0.1, -0.05) is 99.7 Å². The van der Waals surface area contributed by atoms with Gasteiger partial charge in [0.05, 0.1) is 0 Å². The summed E-state index contributed by atoms with van der Waals surface area (Å²) in [7, 11) is 0. The van der Waals surface area contributed by atoms with Gasteiger partial charge in [0.2, 0.25) is 0 Å². The predicted octanol–water partition coefficient (Wildman–Crippen LogP) is 6.59. The third-order valence-corrected chi connectivity index (χ3v) is 3.19. The zero-order valence-electron chi connectivity index (χ0n) is 13.0. The summed E-state index contributed by atoms with van der Waals surface area (Å²) in [5, 5.41) is 0. The van der Waals surface area contributed by atoms with Crippen LogP contribution in [0.5, 0.6) is 0 Å². The molecule has 2 aromatic carbocycles. The number of hydrogen-bond donors (Lipinski definition) is 0. The molecule has 0 amide bonds. The lowest BCUT2D eigenvalue weighted by atomic mass is 10.0. The van der Waals surface area contributed by atoms with Crippen LogP contribution in [0.2, 0.25) is 0 Å². The van der Waals surface area contributed by atoms with Crippen molar-refractivity contribution in [3.8, 4) is 0 Å². The molecule has 0 aliphatic rings. The fraction of sp³-hybridized carbons (Fsp3) is 0. The van der Waals surface area contributed by atoms with Crippen molar-refractivity contribution < 1.29 is 0 Å². The van der Waals surface area contributed by atoms with Crippen molar-refractivity contribution in [1.82, 2.24) is 0 Å². The minimum Gasteiger partial charge on any atom is -0.0985 e. The highest BCUT2D eigenvalue weighted by Gasteiger charge is 1.94. The quantitative estimate of drug-likeness (QED) is 0.581. The van der Waals surface area contributed by atoms with E-state index in [0.717, 1.165) is 27.8 Å². The van der Waals surface area contributed by atoms with Crippen LogP contribution in [0.3, 0.4) is 0 Å². The lowest BCUT2D eigenvalue weighted by molar-refractivity contribution is 1.59. The minimum absolute atomic E-state index is 1.10. The second-order valence-electron chi connectivity index (χ2n) is 4.58. The maximum absolute atomic E-state index is 3.73. The Bertz CT molecular complexity index is 643. The van der Waals surface area contributed by atoms with Crippen molar-refractivity contribution in [2.75, 3.05) is 0 Å². The fourth-order valence-electron chi connectivity index (χ4n) is 1.85. The summed E-state index contributed by atoms with van der Waals surface area (Å²) in [5.41, 5.74) is 5.60. The first kappa shape index (κ1) is 17.2. The average molecular weight is 286 g/mol. The highest BCUT2D eigenvalue weighted by atomic mass is 14.0. The van der Waals surface area contributed by atoms with Crippen molar-refractivity contribution in [2.45, 2.75) is 0 Å². The van der Waals surface area contributed by atoms with Crippen LogP contribution in [0.1, 0.15) is 27.8 Å². The van der Waals surface area contributed by atoms with Gasteiger partial charge in [-0.2, -0.15) is 0 Å². The van der Waals surface area contributed by atoms with Crippen molar-refractivity contribution >= 4 is 30.4 Å². The molecule has 0 radical (unpaired) electrons. The molecule has 0 aliphatic carbocycles. The summed E-state index contributed by atoms with van der Waals surface area (Å²) >= 11 is 0. The topological polar surface area (TPSA) is 0 Å². The molecule has 0 heterocycles. The van der Waals surface area contributed by atoms with E-state index in [1.54, 1.807) is 0 Å². The lowest BCUT2D eigenvalue weighted by Gasteiger charge is -2.01. The third kappa shape index (κ3) is 4.92. The van der Waals surface area contributed by atoms with Gasteiger partial charge in [-0.15, -0.1) is 0 Å². The molecule has 0 N–H and O–H groups in total. The van der Waals surface area contributed by atoms with E-state index >= 15 is 0 Å². The Morgan fingerprint density at radius 1 is 0.455 bits per heavy atom. The van der Waals surface area contributed by atoms with Gasteiger partial charge in [-0.05, 0) is 33.9 Å². The average Bonchev–Trinajstić information content (AvgIpc) is 2.61. The fourth-order valence-corrected chi connectivity index (χ4v) is 1.85. The van der Waals surface area contributed by atoms with E-state index in [1.165, 1.54) is 0 Å².